The van der Waals surface area contributed by atoms with Gasteiger partial charge in [0, 0.05) is 41.9 Å². The van der Waals surface area contributed by atoms with E-state index in [0.717, 1.165) is 55.4 Å². The van der Waals surface area contributed by atoms with Crippen LogP contribution in [-0.4, -0.2) is 55.3 Å². The van der Waals surface area contributed by atoms with Gasteiger partial charge in [-0.2, -0.15) is 0 Å². The number of hydrogen-bond donors (Lipinski definition) is 3. The molecular formula is C25H30N6O2. The van der Waals surface area contributed by atoms with E-state index in [-0.39, 0.29) is 11.9 Å². The number of carbonyl (C=O) groups is 1. The molecule has 33 heavy (non-hydrogen) atoms. The molecule has 1 aromatic heterocycles. The molecule has 0 bridgehead atoms. The van der Waals surface area contributed by atoms with Gasteiger partial charge in [0.1, 0.15) is 0 Å². The minimum absolute atomic E-state index is 0.0408. The number of carbonyl (C=O) groups excluding carboxylic acids is 1. The Labute approximate surface area is 194 Å². The van der Waals surface area contributed by atoms with Crippen LogP contribution in [0.15, 0.2) is 60.8 Å². The molecule has 1 aliphatic heterocycles. The van der Waals surface area contributed by atoms with Crippen molar-refractivity contribution < 1.29 is 9.53 Å². The topological polar surface area (TPSA) is 91.4 Å². The molecular weight excluding hydrogens is 416 g/mol. The second-order valence-electron chi connectivity index (χ2n) is 7.85. The number of hydrogen-bond acceptors (Lipinski definition) is 7. The van der Waals surface area contributed by atoms with Gasteiger partial charge in [-0.3, -0.25) is 4.79 Å². The van der Waals surface area contributed by atoms with Gasteiger partial charge in [0.15, 0.2) is 0 Å². The summed E-state index contributed by atoms with van der Waals surface area (Å²) in [6.45, 7) is 5.33. The Bertz CT molecular complexity index is 1050. The van der Waals surface area contributed by atoms with E-state index in [2.05, 4.69) is 43.0 Å². The van der Waals surface area contributed by atoms with Crippen molar-refractivity contribution in [3.63, 3.8) is 0 Å². The maximum Gasteiger partial charge on any atom is 0.241 e. The van der Waals surface area contributed by atoms with Crippen molar-refractivity contribution in [3.05, 3.63) is 60.8 Å². The fourth-order valence-electron chi connectivity index (χ4n) is 3.76. The highest BCUT2D eigenvalue weighted by atomic mass is 16.5. The van der Waals surface area contributed by atoms with Gasteiger partial charge in [0.2, 0.25) is 11.9 Å². The van der Waals surface area contributed by atoms with E-state index in [1.54, 1.807) is 13.2 Å². The zero-order valence-electron chi connectivity index (χ0n) is 19.0. The van der Waals surface area contributed by atoms with Crippen molar-refractivity contribution >= 4 is 28.9 Å². The Balaban J connectivity index is 1.41. The third-order valence-electron chi connectivity index (χ3n) is 5.68. The van der Waals surface area contributed by atoms with Crippen LogP contribution in [0.1, 0.15) is 13.3 Å². The number of ether oxygens (including phenoxy) is 1. The Kier molecular flexibility index (Phi) is 7.49. The maximum absolute atomic E-state index is 12.2. The van der Waals surface area contributed by atoms with E-state index < -0.39 is 0 Å². The summed E-state index contributed by atoms with van der Waals surface area (Å²) in [6, 6.07) is 17.6. The van der Waals surface area contributed by atoms with Gasteiger partial charge in [-0.05, 0) is 55.9 Å². The van der Waals surface area contributed by atoms with Crippen LogP contribution in [0.2, 0.25) is 0 Å². The Hall–Kier alpha value is -3.49. The minimum atomic E-state index is -0.205. The summed E-state index contributed by atoms with van der Waals surface area (Å²) < 4.78 is 5.42. The molecule has 172 valence electrons. The molecule has 1 aliphatic rings. The smallest absolute Gasteiger partial charge is 0.241 e. The fourth-order valence-corrected chi connectivity index (χ4v) is 3.76. The van der Waals surface area contributed by atoms with Crippen molar-refractivity contribution in [3.8, 4) is 11.3 Å². The Morgan fingerprint density at radius 3 is 2.39 bits per heavy atom. The quantitative estimate of drug-likeness (QED) is 0.486. The first-order valence-electron chi connectivity index (χ1n) is 11.3. The summed E-state index contributed by atoms with van der Waals surface area (Å²) in [5.41, 5.74) is 4.62. The van der Waals surface area contributed by atoms with Crippen molar-refractivity contribution in [2.75, 3.05) is 48.9 Å². The number of nitrogens with zero attached hydrogens (tertiary/aromatic N) is 3. The van der Waals surface area contributed by atoms with Crippen molar-refractivity contribution in [1.82, 2.24) is 15.3 Å². The van der Waals surface area contributed by atoms with Crippen molar-refractivity contribution in [2.45, 2.75) is 19.4 Å². The second-order valence-corrected chi connectivity index (χ2v) is 7.85. The van der Waals surface area contributed by atoms with Crippen LogP contribution in [0.3, 0.4) is 0 Å². The highest BCUT2D eigenvalue weighted by Crippen LogP contribution is 2.23. The van der Waals surface area contributed by atoms with E-state index in [0.29, 0.717) is 5.95 Å². The Morgan fingerprint density at radius 2 is 1.73 bits per heavy atom. The van der Waals surface area contributed by atoms with E-state index in [9.17, 15) is 4.79 Å². The fraction of sp³-hybridized carbons (Fsp3) is 0.320. The highest BCUT2D eigenvalue weighted by molar-refractivity contribution is 5.95. The summed E-state index contributed by atoms with van der Waals surface area (Å²) in [5.74, 6) is 0.490. The van der Waals surface area contributed by atoms with Gasteiger partial charge >= 0.3 is 0 Å². The average Bonchev–Trinajstić information content (AvgIpc) is 2.86. The summed E-state index contributed by atoms with van der Waals surface area (Å²) in [5, 5.41) is 9.23. The number of anilines is 4. The van der Waals surface area contributed by atoms with E-state index in [1.807, 2.05) is 49.4 Å². The van der Waals surface area contributed by atoms with Gasteiger partial charge < -0.3 is 25.6 Å². The van der Waals surface area contributed by atoms with Gasteiger partial charge in [-0.25, -0.2) is 9.97 Å². The van der Waals surface area contributed by atoms with Crippen LogP contribution in [0.25, 0.3) is 11.3 Å². The van der Waals surface area contributed by atoms with E-state index in [1.165, 1.54) is 5.69 Å². The lowest BCUT2D eigenvalue weighted by Gasteiger charge is -2.28. The molecule has 0 unspecified atom stereocenters. The number of morpholine rings is 1. The molecule has 3 N–H and O–H groups in total. The molecule has 0 saturated carbocycles. The summed E-state index contributed by atoms with van der Waals surface area (Å²) in [4.78, 5) is 23.6. The van der Waals surface area contributed by atoms with Crippen LogP contribution in [0, 0.1) is 0 Å². The first kappa shape index (κ1) is 22.7. The predicted octanol–water partition coefficient (Wildman–Crippen LogP) is 3.66. The largest absolute Gasteiger partial charge is 0.378 e. The van der Waals surface area contributed by atoms with Crippen LogP contribution in [-0.2, 0) is 9.53 Å². The van der Waals surface area contributed by atoms with E-state index >= 15 is 0 Å². The number of aromatic nitrogens is 2. The first-order valence-corrected chi connectivity index (χ1v) is 11.3. The SMILES string of the molecule is CC[C@H](NC)C(=O)Nc1ccc(-c2ccnc(Nc3ccc(N4CCOCC4)cc3)n2)cc1. The standard InChI is InChI=1S/C25H30N6O2/c1-3-22(26-2)24(32)28-19-6-4-18(5-7-19)23-12-13-27-25(30-23)29-20-8-10-21(11-9-20)31-14-16-33-17-15-31/h4-13,22,26H,3,14-17H2,1-2H3,(H,28,32)(H,27,29,30)/t22-/m0/s1. The minimum Gasteiger partial charge on any atom is -0.378 e. The number of rotatable bonds is 8. The molecule has 0 radical (unpaired) electrons. The van der Waals surface area contributed by atoms with Crippen molar-refractivity contribution in [2.24, 2.45) is 0 Å². The van der Waals surface area contributed by atoms with Crippen LogP contribution in [0.4, 0.5) is 23.0 Å². The molecule has 2 aromatic carbocycles. The van der Waals surface area contributed by atoms with Crippen LogP contribution < -0.4 is 20.9 Å². The lowest BCUT2D eigenvalue weighted by Crippen LogP contribution is -2.37. The molecule has 1 fully saturated rings. The lowest BCUT2D eigenvalue weighted by atomic mass is 10.1. The zero-order valence-corrected chi connectivity index (χ0v) is 19.0. The molecule has 1 atom stereocenters. The number of benzene rings is 2. The lowest BCUT2D eigenvalue weighted by molar-refractivity contribution is -0.118. The summed E-state index contributed by atoms with van der Waals surface area (Å²) >= 11 is 0. The number of likely N-dealkylation sites (N-methyl/N-ethyl adjacent to an activating group) is 1. The first-order chi connectivity index (χ1) is 16.2. The zero-order chi connectivity index (χ0) is 23.0. The molecule has 2 heterocycles. The molecule has 1 amide bonds. The van der Waals surface area contributed by atoms with Gasteiger partial charge in [0.05, 0.1) is 24.9 Å². The molecule has 8 nitrogen and oxygen atoms in total. The van der Waals surface area contributed by atoms with Crippen LogP contribution in [0.5, 0.6) is 0 Å². The van der Waals surface area contributed by atoms with Gasteiger partial charge in [0.25, 0.3) is 0 Å². The molecule has 1 saturated heterocycles. The van der Waals surface area contributed by atoms with Crippen molar-refractivity contribution in [1.29, 1.82) is 0 Å². The van der Waals surface area contributed by atoms with Gasteiger partial charge in [-0.1, -0.05) is 19.1 Å². The molecule has 8 heteroatoms. The number of nitrogens with one attached hydrogen (secondary N) is 3. The number of amides is 1. The Morgan fingerprint density at radius 1 is 1.03 bits per heavy atom. The average molecular weight is 447 g/mol. The molecule has 0 spiro atoms. The second kappa shape index (κ2) is 10.9. The predicted molar refractivity (Wildman–Crippen MR) is 132 cm³/mol. The molecule has 0 aliphatic carbocycles. The summed E-state index contributed by atoms with van der Waals surface area (Å²) in [7, 11) is 1.79. The normalized spacial score (nSPS) is 14.5. The summed E-state index contributed by atoms with van der Waals surface area (Å²) in [6.07, 6.45) is 2.47. The van der Waals surface area contributed by atoms with E-state index in [4.69, 9.17) is 4.74 Å². The van der Waals surface area contributed by atoms with Gasteiger partial charge in [-0.15, -0.1) is 0 Å². The molecule has 3 aromatic rings. The third kappa shape index (κ3) is 5.85. The van der Waals surface area contributed by atoms with Crippen LogP contribution >= 0.6 is 0 Å². The maximum atomic E-state index is 12.2. The highest BCUT2D eigenvalue weighted by Gasteiger charge is 2.14. The molecule has 4 rings (SSSR count). The third-order valence-corrected chi connectivity index (χ3v) is 5.68. The monoisotopic (exact) mass is 446 g/mol.